The van der Waals surface area contributed by atoms with Crippen LogP contribution in [0, 0.1) is 5.92 Å². The Hall–Kier alpha value is -0.770. The lowest BCUT2D eigenvalue weighted by Gasteiger charge is -2.30. The van der Waals surface area contributed by atoms with E-state index in [4.69, 9.17) is 5.73 Å². The minimum Gasteiger partial charge on any atom is -0.370 e. The fourth-order valence-electron chi connectivity index (χ4n) is 2.78. The number of nitrogens with zero attached hydrogens (tertiary/aromatic N) is 3. The van der Waals surface area contributed by atoms with Crippen LogP contribution in [0.2, 0.25) is 0 Å². The molecule has 1 aliphatic rings. The smallest absolute Gasteiger partial charge is 0.191 e. The highest BCUT2D eigenvalue weighted by Crippen LogP contribution is 2.15. The number of unbranched alkanes of at least 4 members (excludes halogenated alkanes) is 1. The molecule has 0 saturated carbocycles. The van der Waals surface area contributed by atoms with Crippen molar-refractivity contribution >= 4 is 5.96 Å². The summed E-state index contributed by atoms with van der Waals surface area (Å²) in [6.07, 6.45) is 5.16. The van der Waals surface area contributed by atoms with Crippen LogP contribution in [0.25, 0.3) is 0 Å². The molecule has 0 aromatic heterocycles. The van der Waals surface area contributed by atoms with E-state index in [0.29, 0.717) is 5.96 Å². The first-order valence-electron chi connectivity index (χ1n) is 7.94. The highest BCUT2D eigenvalue weighted by Gasteiger charge is 2.15. The van der Waals surface area contributed by atoms with E-state index >= 15 is 0 Å². The monoisotopic (exact) mass is 268 g/mol. The Morgan fingerprint density at radius 2 is 2.05 bits per heavy atom. The quantitative estimate of drug-likeness (QED) is 0.437. The Kier molecular flexibility index (Phi) is 7.87. The van der Waals surface area contributed by atoms with Gasteiger partial charge in [-0.3, -0.25) is 4.99 Å². The van der Waals surface area contributed by atoms with Crippen LogP contribution < -0.4 is 5.73 Å². The van der Waals surface area contributed by atoms with Crippen molar-refractivity contribution in [3.63, 3.8) is 0 Å². The van der Waals surface area contributed by atoms with Gasteiger partial charge >= 0.3 is 0 Å². The molecule has 4 heteroatoms. The second-order valence-electron chi connectivity index (χ2n) is 5.67. The topological polar surface area (TPSA) is 44.9 Å². The molecule has 112 valence electrons. The zero-order valence-corrected chi connectivity index (χ0v) is 13.1. The van der Waals surface area contributed by atoms with E-state index < -0.39 is 0 Å². The lowest BCUT2D eigenvalue weighted by Crippen LogP contribution is -2.37. The molecule has 1 aliphatic heterocycles. The summed E-state index contributed by atoms with van der Waals surface area (Å²) in [6, 6.07) is 0. The summed E-state index contributed by atoms with van der Waals surface area (Å²) in [5.41, 5.74) is 5.95. The second-order valence-corrected chi connectivity index (χ2v) is 5.67. The number of piperidine rings is 1. The average Bonchev–Trinajstić information content (AvgIpc) is 2.40. The van der Waals surface area contributed by atoms with Crippen molar-refractivity contribution in [1.29, 1.82) is 0 Å². The molecule has 0 aromatic rings. The first kappa shape index (κ1) is 16.3. The van der Waals surface area contributed by atoms with Crippen LogP contribution in [0.5, 0.6) is 0 Å². The second kappa shape index (κ2) is 9.18. The van der Waals surface area contributed by atoms with Gasteiger partial charge in [0.25, 0.3) is 0 Å². The summed E-state index contributed by atoms with van der Waals surface area (Å²) in [6.45, 7) is 13.1. The number of aliphatic imine (C=N–C) groups is 1. The summed E-state index contributed by atoms with van der Waals surface area (Å²) >= 11 is 0. The lowest BCUT2D eigenvalue weighted by atomic mass is 10.0. The van der Waals surface area contributed by atoms with Crippen molar-refractivity contribution in [2.75, 3.05) is 39.3 Å². The Labute approximate surface area is 119 Å². The predicted molar refractivity (Wildman–Crippen MR) is 83.5 cm³/mol. The first-order valence-corrected chi connectivity index (χ1v) is 7.94. The molecule has 19 heavy (non-hydrogen) atoms. The number of nitrogens with two attached hydrogens (primary N) is 1. The summed E-state index contributed by atoms with van der Waals surface area (Å²) < 4.78 is 0. The van der Waals surface area contributed by atoms with Gasteiger partial charge in [0.05, 0.1) is 0 Å². The number of hydrogen-bond donors (Lipinski definition) is 1. The Morgan fingerprint density at radius 1 is 1.32 bits per heavy atom. The molecule has 4 nitrogen and oxygen atoms in total. The Morgan fingerprint density at radius 3 is 2.68 bits per heavy atom. The highest BCUT2D eigenvalue weighted by molar-refractivity contribution is 5.77. The molecular formula is C15H32N4. The van der Waals surface area contributed by atoms with Crippen molar-refractivity contribution in [3.05, 3.63) is 0 Å². The molecule has 0 bridgehead atoms. The third-order valence-electron chi connectivity index (χ3n) is 3.98. The van der Waals surface area contributed by atoms with Gasteiger partial charge in [0.1, 0.15) is 0 Å². The largest absolute Gasteiger partial charge is 0.370 e. The van der Waals surface area contributed by atoms with Gasteiger partial charge in [-0.05, 0) is 58.5 Å². The average molecular weight is 268 g/mol. The van der Waals surface area contributed by atoms with E-state index in [2.05, 4.69) is 35.6 Å². The minimum atomic E-state index is 0.705. The van der Waals surface area contributed by atoms with Gasteiger partial charge in [-0.15, -0.1) is 0 Å². The van der Waals surface area contributed by atoms with Crippen molar-refractivity contribution in [2.24, 2.45) is 16.6 Å². The molecule has 0 radical (unpaired) electrons. The number of likely N-dealkylation sites (tertiary alicyclic amines) is 1. The highest BCUT2D eigenvalue weighted by atomic mass is 15.2. The Balaban J connectivity index is 2.11. The zero-order chi connectivity index (χ0) is 14.1. The standard InChI is InChI=1S/C15H32N4/c1-4-19(5-2)15(16)17-10-6-7-11-18-12-8-9-14(3)13-18/h14H,4-13H2,1-3H3,(H2,16,17). The molecule has 2 N–H and O–H groups in total. The maximum atomic E-state index is 5.95. The van der Waals surface area contributed by atoms with Crippen LogP contribution in [0.15, 0.2) is 4.99 Å². The Bertz CT molecular complexity index is 261. The van der Waals surface area contributed by atoms with Crippen LogP contribution in [-0.2, 0) is 0 Å². The van der Waals surface area contributed by atoms with Gasteiger partial charge < -0.3 is 15.5 Å². The first-order chi connectivity index (χ1) is 9.17. The van der Waals surface area contributed by atoms with Crippen molar-refractivity contribution in [2.45, 2.75) is 46.5 Å². The maximum absolute atomic E-state index is 5.95. The molecule has 1 heterocycles. The summed E-state index contributed by atoms with van der Waals surface area (Å²) in [7, 11) is 0. The molecular weight excluding hydrogens is 236 g/mol. The lowest BCUT2D eigenvalue weighted by molar-refractivity contribution is 0.181. The molecule has 1 saturated heterocycles. The molecule has 1 atom stereocenters. The van der Waals surface area contributed by atoms with E-state index in [1.807, 2.05) is 0 Å². The van der Waals surface area contributed by atoms with Crippen molar-refractivity contribution in [3.8, 4) is 0 Å². The van der Waals surface area contributed by atoms with Crippen LogP contribution in [0.4, 0.5) is 0 Å². The molecule has 1 fully saturated rings. The van der Waals surface area contributed by atoms with E-state index in [9.17, 15) is 0 Å². The van der Waals surface area contributed by atoms with Gasteiger partial charge in [-0.25, -0.2) is 0 Å². The molecule has 1 rings (SSSR count). The predicted octanol–water partition coefficient (Wildman–Crippen LogP) is 2.16. The van der Waals surface area contributed by atoms with Gasteiger partial charge in [-0.1, -0.05) is 6.92 Å². The van der Waals surface area contributed by atoms with Crippen LogP contribution in [0.3, 0.4) is 0 Å². The third-order valence-corrected chi connectivity index (χ3v) is 3.98. The maximum Gasteiger partial charge on any atom is 0.191 e. The van der Waals surface area contributed by atoms with Crippen LogP contribution in [0.1, 0.15) is 46.5 Å². The molecule has 0 aliphatic carbocycles. The molecule has 0 amide bonds. The van der Waals surface area contributed by atoms with Crippen LogP contribution in [-0.4, -0.2) is 55.0 Å². The van der Waals surface area contributed by atoms with Gasteiger partial charge in [0.15, 0.2) is 5.96 Å². The van der Waals surface area contributed by atoms with Gasteiger partial charge in [0.2, 0.25) is 0 Å². The third kappa shape index (κ3) is 6.28. The van der Waals surface area contributed by atoms with E-state index in [0.717, 1.165) is 32.0 Å². The zero-order valence-electron chi connectivity index (χ0n) is 13.1. The summed E-state index contributed by atoms with van der Waals surface area (Å²) in [5, 5.41) is 0. The normalized spacial score (nSPS) is 21.6. The van der Waals surface area contributed by atoms with Crippen molar-refractivity contribution < 1.29 is 0 Å². The van der Waals surface area contributed by atoms with Gasteiger partial charge in [-0.2, -0.15) is 0 Å². The van der Waals surface area contributed by atoms with E-state index in [1.54, 1.807) is 0 Å². The molecule has 1 unspecified atom stereocenters. The van der Waals surface area contributed by atoms with E-state index in [-0.39, 0.29) is 0 Å². The molecule has 0 aromatic carbocycles. The van der Waals surface area contributed by atoms with Gasteiger partial charge in [0, 0.05) is 26.2 Å². The SMILES string of the molecule is CCN(CC)C(N)=NCCCCN1CCCC(C)C1. The molecule has 0 spiro atoms. The van der Waals surface area contributed by atoms with Crippen molar-refractivity contribution in [1.82, 2.24) is 9.80 Å². The number of guanidine groups is 1. The number of hydrogen-bond acceptors (Lipinski definition) is 2. The fraction of sp³-hybridized carbons (Fsp3) is 0.933. The summed E-state index contributed by atoms with van der Waals surface area (Å²) in [5.74, 6) is 1.58. The summed E-state index contributed by atoms with van der Waals surface area (Å²) in [4.78, 5) is 9.17. The minimum absolute atomic E-state index is 0.705. The van der Waals surface area contributed by atoms with E-state index in [1.165, 1.54) is 38.9 Å². The fourth-order valence-corrected chi connectivity index (χ4v) is 2.78. The number of rotatable bonds is 7. The van der Waals surface area contributed by atoms with Crippen LogP contribution >= 0.6 is 0 Å².